The van der Waals surface area contributed by atoms with Crippen molar-refractivity contribution in [2.75, 3.05) is 13.7 Å². The molecular formula is C19H35F3N6O3S. The Morgan fingerprint density at radius 2 is 1.97 bits per heavy atom. The van der Waals surface area contributed by atoms with Gasteiger partial charge in [0.1, 0.15) is 6.04 Å². The van der Waals surface area contributed by atoms with Crippen molar-refractivity contribution in [3.63, 3.8) is 0 Å². The number of halogens is 3. The predicted octanol–water partition coefficient (Wildman–Crippen LogP) is 0.351. The van der Waals surface area contributed by atoms with Crippen LogP contribution in [0.5, 0.6) is 0 Å². The molecule has 2 heterocycles. The molecule has 32 heavy (non-hydrogen) atoms. The Hall–Kier alpha value is -0.990. The number of nitrogens with zero attached hydrogens (tertiary/aromatic N) is 1. The van der Waals surface area contributed by atoms with Crippen LogP contribution in [0.15, 0.2) is 0 Å². The summed E-state index contributed by atoms with van der Waals surface area (Å²) in [7, 11) is -2.15. The number of rotatable bonds is 6. The zero-order chi connectivity index (χ0) is 23.7. The van der Waals surface area contributed by atoms with Crippen molar-refractivity contribution in [2.45, 2.75) is 87.6 Å². The van der Waals surface area contributed by atoms with E-state index in [1.165, 1.54) is 0 Å². The molecule has 7 atom stereocenters. The molecule has 0 radical (unpaired) electrons. The van der Waals surface area contributed by atoms with Crippen LogP contribution in [0.2, 0.25) is 0 Å². The fraction of sp³-hybridized carbons (Fsp3) is 0.947. The Morgan fingerprint density at radius 3 is 2.56 bits per heavy atom. The van der Waals surface area contributed by atoms with Crippen LogP contribution in [0.1, 0.15) is 51.9 Å². The molecule has 13 heteroatoms. The standard InChI is InChI=1S/C19H35F3N6O3S/c1-11(6-17-27-24-10-28(17)2)12-4-3-5-13(7-12)25-18(29)15-8-14(32(23,30)31)9-16(26-15)19(20,21)22/h11-17,24,26-27H,3-10H2,1-2H3,(H,25,29)(H2,23,30,31)/t11-,12?,13?,14?,15?,16?,17?/m1/s1. The minimum atomic E-state index is -4.66. The summed E-state index contributed by atoms with van der Waals surface area (Å²) in [5.41, 5.74) is 6.35. The highest BCUT2D eigenvalue weighted by molar-refractivity contribution is 7.89. The van der Waals surface area contributed by atoms with Gasteiger partial charge in [-0.2, -0.15) is 13.2 Å². The fourth-order valence-electron chi connectivity index (χ4n) is 5.15. The normalized spacial score (nSPS) is 36.1. The van der Waals surface area contributed by atoms with Crippen LogP contribution in [0.25, 0.3) is 0 Å². The SMILES string of the molecule is C[C@H](CC1NNCN1C)C1CCCC(NC(=O)C2CC(S(N)(=O)=O)CC(C(F)(F)F)N2)C1. The molecule has 3 aliphatic rings. The number of piperidine rings is 1. The van der Waals surface area contributed by atoms with Crippen molar-refractivity contribution in [2.24, 2.45) is 17.0 Å². The molecule has 3 rings (SSSR count). The maximum absolute atomic E-state index is 13.3. The molecule has 0 spiro atoms. The first-order chi connectivity index (χ1) is 14.8. The molecule has 6 N–H and O–H groups in total. The summed E-state index contributed by atoms with van der Waals surface area (Å²) in [6, 6.07) is -3.48. The summed E-state index contributed by atoms with van der Waals surface area (Å²) in [6.45, 7) is 2.96. The van der Waals surface area contributed by atoms with Crippen LogP contribution in [0.4, 0.5) is 13.2 Å². The maximum Gasteiger partial charge on any atom is 0.403 e. The first-order valence-corrected chi connectivity index (χ1v) is 12.8. The van der Waals surface area contributed by atoms with Gasteiger partial charge in [-0.05, 0) is 51.0 Å². The number of amides is 1. The molecule has 0 aromatic rings. The lowest BCUT2D eigenvalue weighted by molar-refractivity contribution is -0.164. The largest absolute Gasteiger partial charge is 0.403 e. The predicted molar refractivity (Wildman–Crippen MR) is 113 cm³/mol. The summed E-state index contributed by atoms with van der Waals surface area (Å²) >= 11 is 0. The molecular weight excluding hydrogens is 449 g/mol. The minimum absolute atomic E-state index is 0.142. The molecule has 1 amide bonds. The van der Waals surface area contributed by atoms with Gasteiger partial charge >= 0.3 is 6.18 Å². The number of carbonyl (C=O) groups excluding carboxylic acids is 1. The van der Waals surface area contributed by atoms with Gasteiger partial charge in [0, 0.05) is 6.04 Å². The molecule has 3 fully saturated rings. The molecule has 1 aliphatic carbocycles. The van der Waals surface area contributed by atoms with E-state index in [2.05, 4.69) is 33.3 Å². The number of primary sulfonamides is 1. The Morgan fingerprint density at radius 1 is 1.25 bits per heavy atom. The first kappa shape index (κ1) is 25.6. The van der Waals surface area contributed by atoms with Gasteiger partial charge < -0.3 is 5.32 Å². The topological polar surface area (TPSA) is 129 Å². The zero-order valence-corrected chi connectivity index (χ0v) is 19.3. The summed E-state index contributed by atoms with van der Waals surface area (Å²) in [6.07, 6.45) is -0.953. The lowest BCUT2D eigenvalue weighted by atomic mass is 9.77. The summed E-state index contributed by atoms with van der Waals surface area (Å²) in [5, 5.41) is 8.89. The number of hydrazine groups is 1. The lowest BCUT2D eigenvalue weighted by Crippen LogP contribution is -2.61. The van der Waals surface area contributed by atoms with Gasteiger partial charge in [0.15, 0.2) is 0 Å². The van der Waals surface area contributed by atoms with Gasteiger partial charge in [0.2, 0.25) is 15.9 Å². The van der Waals surface area contributed by atoms with Crippen LogP contribution >= 0.6 is 0 Å². The van der Waals surface area contributed by atoms with Crippen molar-refractivity contribution >= 4 is 15.9 Å². The van der Waals surface area contributed by atoms with E-state index >= 15 is 0 Å². The molecule has 186 valence electrons. The molecule has 0 bridgehead atoms. The van der Waals surface area contributed by atoms with E-state index in [9.17, 15) is 26.4 Å². The van der Waals surface area contributed by atoms with Gasteiger partial charge in [-0.1, -0.05) is 19.8 Å². The first-order valence-electron chi connectivity index (χ1n) is 11.2. The van der Waals surface area contributed by atoms with Gasteiger partial charge in [-0.3, -0.25) is 15.0 Å². The molecule has 1 saturated carbocycles. The van der Waals surface area contributed by atoms with E-state index in [1.807, 2.05) is 7.05 Å². The van der Waals surface area contributed by atoms with Gasteiger partial charge in [0.05, 0.1) is 24.1 Å². The van der Waals surface area contributed by atoms with E-state index < -0.39 is 45.9 Å². The quantitative estimate of drug-likeness (QED) is 0.368. The number of hydrogen-bond donors (Lipinski definition) is 5. The van der Waals surface area contributed by atoms with Crippen molar-refractivity contribution < 1.29 is 26.4 Å². The third-order valence-corrected chi connectivity index (χ3v) is 8.48. The summed E-state index contributed by atoms with van der Waals surface area (Å²) < 4.78 is 63.3. The van der Waals surface area contributed by atoms with Crippen molar-refractivity contribution in [1.82, 2.24) is 26.4 Å². The van der Waals surface area contributed by atoms with Gasteiger partial charge in [-0.25, -0.2) is 24.4 Å². The second-order valence-electron chi connectivity index (χ2n) is 9.59. The lowest BCUT2D eigenvalue weighted by Gasteiger charge is -2.38. The van der Waals surface area contributed by atoms with Crippen molar-refractivity contribution in [3.05, 3.63) is 0 Å². The van der Waals surface area contributed by atoms with Gasteiger partial charge in [-0.15, -0.1) is 0 Å². The Bertz CT molecular complexity index is 768. The van der Waals surface area contributed by atoms with E-state index in [-0.39, 0.29) is 18.6 Å². The van der Waals surface area contributed by atoms with Crippen LogP contribution in [0.3, 0.4) is 0 Å². The number of hydrogen-bond acceptors (Lipinski definition) is 7. The van der Waals surface area contributed by atoms with Crippen LogP contribution in [-0.4, -0.2) is 68.7 Å². The highest BCUT2D eigenvalue weighted by atomic mass is 32.2. The second kappa shape index (κ2) is 10.1. The minimum Gasteiger partial charge on any atom is -0.352 e. The van der Waals surface area contributed by atoms with E-state index in [1.54, 1.807) is 0 Å². The molecule has 2 aliphatic heterocycles. The van der Waals surface area contributed by atoms with Crippen LogP contribution in [0, 0.1) is 11.8 Å². The Labute approximate surface area is 187 Å². The molecule has 0 aromatic carbocycles. The fourth-order valence-corrected chi connectivity index (χ4v) is 6.07. The molecule has 6 unspecified atom stereocenters. The molecule has 0 aromatic heterocycles. The van der Waals surface area contributed by atoms with Gasteiger partial charge in [0.25, 0.3) is 0 Å². The second-order valence-corrected chi connectivity index (χ2v) is 11.4. The maximum atomic E-state index is 13.3. The number of nitrogens with two attached hydrogens (primary N) is 1. The number of alkyl halides is 3. The number of nitrogens with one attached hydrogen (secondary N) is 4. The van der Waals surface area contributed by atoms with E-state index in [0.29, 0.717) is 11.8 Å². The molecule has 2 saturated heterocycles. The average Bonchev–Trinajstić information content (AvgIpc) is 3.11. The van der Waals surface area contributed by atoms with Crippen molar-refractivity contribution in [3.8, 4) is 0 Å². The van der Waals surface area contributed by atoms with Crippen LogP contribution in [-0.2, 0) is 14.8 Å². The van der Waals surface area contributed by atoms with E-state index in [0.717, 1.165) is 38.8 Å². The molecule has 9 nitrogen and oxygen atoms in total. The summed E-state index contributed by atoms with van der Waals surface area (Å²) in [4.78, 5) is 15.0. The highest BCUT2D eigenvalue weighted by Crippen LogP contribution is 2.34. The highest BCUT2D eigenvalue weighted by Gasteiger charge is 2.48. The van der Waals surface area contributed by atoms with Crippen LogP contribution < -0.4 is 26.6 Å². The average molecular weight is 485 g/mol. The Kier molecular flexibility index (Phi) is 8.09. The smallest absolute Gasteiger partial charge is 0.352 e. The monoisotopic (exact) mass is 484 g/mol. The number of carbonyl (C=O) groups is 1. The zero-order valence-electron chi connectivity index (χ0n) is 18.5. The summed E-state index contributed by atoms with van der Waals surface area (Å²) in [5.74, 6) is 0.209. The van der Waals surface area contributed by atoms with E-state index in [4.69, 9.17) is 5.14 Å². The third-order valence-electron chi connectivity index (χ3n) is 7.17. The third kappa shape index (κ3) is 6.54. The van der Waals surface area contributed by atoms with Crippen molar-refractivity contribution in [1.29, 1.82) is 0 Å². The number of sulfonamides is 1. The Balaban J connectivity index is 1.58.